The molecule has 0 aliphatic carbocycles. The summed E-state index contributed by atoms with van der Waals surface area (Å²) in [5.74, 6) is -1.06. The standard InChI is InChI=1S/C8H10N2O4S/c11-8(7-2-1-3-9-6-7)10-4-5-15(12,13)14/h1-3,6H,4-5H2,(H,10,11)(H,12,13,14)/p-1. The van der Waals surface area contributed by atoms with Gasteiger partial charge in [-0.15, -0.1) is 0 Å². The summed E-state index contributed by atoms with van der Waals surface area (Å²) in [4.78, 5) is 15.0. The Morgan fingerprint density at radius 2 is 2.27 bits per heavy atom. The molecule has 0 spiro atoms. The highest BCUT2D eigenvalue weighted by Crippen LogP contribution is 1.94. The normalized spacial score (nSPS) is 11.0. The summed E-state index contributed by atoms with van der Waals surface area (Å²) < 4.78 is 30.7. The maximum absolute atomic E-state index is 11.3. The number of pyridine rings is 1. The van der Waals surface area contributed by atoms with Gasteiger partial charge in [-0.25, -0.2) is 8.42 Å². The van der Waals surface area contributed by atoms with E-state index in [9.17, 15) is 17.8 Å². The van der Waals surface area contributed by atoms with Gasteiger partial charge in [-0.05, 0) is 12.1 Å². The van der Waals surface area contributed by atoms with Gasteiger partial charge in [0.15, 0.2) is 0 Å². The molecule has 1 rings (SSSR count). The van der Waals surface area contributed by atoms with E-state index >= 15 is 0 Å². The van der Waals surface area contributed by atoms with Crippen molar-refractivity contribution >= 4 is 16.0 Å². The number of nitrogens with one attached hydrogen (secondary N) is 1. The Bertz CT molecular complexity index is 429. The molecule has 0 fully saturated rings. The first-order valence-corrected chi connectivity index (χ1v) is 5.68. The van der Waals surface area contributed by atoms with Crippen LogP contribution in [0.2, 0.25) is 0 Å². The molecule has 1 aromatic rings. The van der Waals surface area contributed by atoms with Crippen LogP contribution in [0.25, 0.3) is 0 Å². The Morgan fingerprint density at radius 1 is 1.53 bits per heavy atom. The molecule has 0 saturated heterocycles. The second kappa shape index (κ2) is 4.85. The number of amides is 1. The third kappa shape index (κ3) is 4.52. The predicted octanol–water partition coefficient (Wildman–Crippen LogP) is -0.643. The molecule has 0 atom stereocenters. The highest BCUT2D eigenvalue weighted by molar-refractivity contribution is 7.85. The number of hydrogen-bond donors (Lipinski definition) is 1. The lowest BCUT2D eigenvalue weighted by Crippen LogP contribution is -2.28. The fraction of sp³-hybridized carbons (Fsp3) is 0.250. The van der Waals surface area contributed by atoms with Gasteiger partial charge >= 0.3 is 0 Å². The van der Waals surface area contributed by atoms with Crippen LogP contribution >= 0.6 is 0 Å². The van der Waals surface area contributed by atoms with Crippen molar-refractivity contribution in [2.45, 2.75) is 0 Å². The van der Waals surface area contributed by atoms with Crippen molar-refractivity contribution < 1.29 is 17.8 Å². The van der Waals surface area contributed by atoms with Gasteiger partial charge in [0.2, 0.25) is 0 Å². The third-order valence-electron chi connectivity index (χ3n) is 1.56. The van der Waals surface area contributed by atoms with Crippen LogP contribution in [0.5, 0.6) is 0 Å². The minimum absolute atomic E-state index is 0.195. The molecule has 82 valence electrons. The van der Waals surface area contributed by atoms with Crippen LogP contribution in [0.3, 0.4) is 0 Å². The number of hydrogen-bond acceptors (Lipinski definition) is 5. The molecule has 15 heavy (non-hydrogen) atoms. The molecular formula is C8H9N2O4S-. The van der Waals surface area contributed by atoms with E-state index in [-0.39, 0.29) is 6.54 Å². The lowest BCUT2D eigenvalue weighted by atomic mass is 10.3. The summed E-state index contributed by atoms with van der Waals surface area (Å²) >= 11 is 0. The number of carbonyl (C=O) groups excluding carboxylic acids is 1. The molecule has 0 saturated carbocycles. The van der Waals surface area contributed by atoms with Crippen molar-refractivity contribution in [2.24, 2.45) is 0 Å². The number of carbonyl (C=O) groups is 1. The lowest BCUT2D eigenvalue weighted by molar-refractivity contribution is 0.0955. The van der Waals surface area contributed by atoms with E-state index < -0.39 is 21.8 Å². The molecule has 0 radical (unpaired) electrons. The molecule has 1 aromatic heterocycles. The van der Waals surface area contributed by atoms with Crippen LogP contribution in [0.4, 0.5) is 0 Å². The summed E-state index contributed by atoms with van der Waals surface area (Å²) in [6.45, 7) is -0.195. The zero-order chi connectivity index (χ0) is 11.3. The van der Waals surface area contributed by atoms with Gasteiger partial charge < -0.3 is 9.87 Å². The van der Waals surface area contributed by atoms with Crippen LogP contribution < -0.4 is 5.32 Å². The molecule has 1 amide bonds. The molecule has 7 heteroatoms. The van der Waals surface area contributed by atoms with E-state index in [1.807, 2.05) is 0 Å². The van der Waals surface area contributed by atoms with Crippen molar-refractivity contribution in [3.8, 4) is 0 Å². The van der Waals surface area contributed by atoms with E-state index in [0.717, 1.165) is 0 Å². The molecule has 0 unspecified atom stereocenters. The lowest BCUT2D eigenvalue weighted by Gasteiger charge is -2.07. The molecule has 0 aliphatic rings. The van der Waals surface area contributed by atoms with Crippen molar-refractivity contribution in [3.63, 3.8) is 0 Å². The van der Waals surface area contributed by atoms with Gasteiger partial charge in [0.1, 0.15) is 0 Å². The maximum atomic E-state index is 11.3. The van der Waals surface area contributed by atoms with Crippen LogP contribution in [0, 0.1) is 0 Å². The fourth-order valence-electron chi connectivity index (χ4n) is 0.889. The molecule has 0 aliphatic heterocycles. The summed E-state index contributed by atoms with van der Waals surface area (Å²) in [5, 5.41) is 2.30. The quantitative estimate of drug-likeness (QED) is 0.692. The minimum Gasteiger partial charge on any atom is -0.748 e. The largest absolute Gasteiger partial charge is 0.748 e. The maximum Gasteiger partial charge on any atom is 0.252 e. The average Bonchev–Trinajstić information content (AvgIpc) is 2.17. The van der Waals surface area contributed by atoms with Gasteiger partial charge in [0.05, 0.1) is 21.4 Å². The molecule has 0 bridgehead atoms. The van der Waals surface area contributed by atoms with Crippen molar-refractivity contribution in [2.75, 3.05) is 12.3 Å². The molecule has 6 nitrogen and oxygen atoms in total. The molecular weight excluding hydrogens is 220 g/mol. The monoisotopic (exact) mass is 229 g/mol. The smallest absolute Gasteiger partial charge is 0.252 e. The third-order valence-corrected chi connectivity index (χ3v) is 2.27. The number of aromatic nitrogens is 1. The van der Waals surface area contributed by atoms with E-state index in [2.05, 4.69) is 10.3 Å². The highest BCUT2D eigenvalue weighted by atomic mass is 32.2. The topological polar surface area (TPSA) is 99.2 Å². The number of nitrogens with zero attached hydrogens (tertiary/aromatic N) is 1. The van der Waals surface area contributed by atoms with Gasteiger partial charge in [-0.3, -0.25) is 9.78 Å². The second-order valence-corrected chi connectivity index (χ2v) is 4.28. The molecule has 1 heterocycles. The SMILES string of the molecule is O=C(NCCS(=O)(=O)[O-])c1cccnc1. The summed E-state index contributed by atoms with van der Waals surface area (Å²) in [7, 11) is -4.28. The Hall–Kier alpha value is -1.47. The predicted molar refractivity (Wildman–Crippen MR) is 51.1 cm³/mol. The summed E-state index contributed by atoms with van der Waals surface area (Å²) in [6, 6.07) is 3.12. The van der Waals surface area contributed by atoms with Gasteiger partial charge in [-0.1, -0.05) is 0 Å². The average molecular weight is 229 g/mol. The fourth-order valence-corrected chi connectivity index (χ4v) is 1.24. The zero-order valence-electron chi connectivity index (χ0n) is 7.71. The van der Waals surface area contributed by atoms with Gasteiger partial charge in [0, 0.05) is 18.9 Å². The minimum atomic E-state index is -4.28. The van der Waals surface area contributed by atoms with Crippen molar-refractivity contribution in [1.29, 1.82) is 0 Å². The first-order valence-electron chi connectivity index (χ1n) is 4.11. The Labute approximate surface area is 87.1 Å². The van der Waals surface area contributed by atoms with E-state index in [1.54, 1.807) is 6.07 Å². The molecule has 0 aromatic carbocycles. The van der Waals surface area contributed by atoms with E-state index in [4.69, 9.17) is 0 Å². The second-order valence-electron chi connectivity index (χ2n) is 2.76. The first kappa shape index (κ1) is 11.6. The Morgan fingerprint density at radius 3 is 2.80 bits per heavy atom. The van der Waals surface area contributed by atoms with E-state index in [0.29, 0.717) is 5.56 Å². The number of rotatable bonds is 4. The Balaban J connectivity index is 2.45. The summed E-state index contributed by atoms with van der Waals surface area (Å²) in [5.41, 5.74) is 0.320. The van der Waals surface area contributed by atoms with Crippen molar-refractivity contribution in [3.05, 3.63) is 30.1 Å². The highest BCUT2D eigenvalue weighted by Gasteiger charge is 2.04. The van der Waals surface area contributed by atoms with Crippen molar-refractivity contribution in [1.82, 2.24) is 10.3 Å². The van der Waals surface area contributed by atoms with Crippen LogP contribution in [-0.2, 0) is 10.1 Å². The first-order chi connectivity index (χ1) is 6.99. The van der Waals surface area contributed by atoms with E-state index in [1.165, 1.54) is 18.5 Å². The van der Waals surface area contributed by atoms with Crippen LogP contribution in [0.1, 0.15) is 10.4 Å². The van der Waals surface area contributed by atoms with Crippen LogP contribution in [0.15, 0.2) is 24.5 Å². The molecule has 1 N–H and O–H groups in total. The Kier molecular flexibility index (Phi) is 3.75. The van der Waals surface area contributed by atoms with Crippen LogP contribution in [-0.4, -0.2) is 36.2 Å². The van der Waals surface area contributed by atoms with Gasteiger partial charge in [0.25, 0.3) is 5.91 Å². The summed E-state index contributed by atoms with van der Waals surface area (Å²) in [6.07, 6.45) is 2.86. The zero-order valence-corrected chi connectivity index (χ0v) is 8.53. The van der Waals surface area contributed by atoms with Gasteiger partial charge in [-0.2, -0.15) is 0 Å².